The Morgan fingerprint density at radius 1 is 1.33 bits per heavy atom. The third kappa shape index (κ3) is 1.99. The molecule has 0 spiro atoms. The molecule has 0 radical (unpaired) electrons. The highest BCUT2D eigenvalue weighted by Gasteiger charge is 2.26. The average molecular weight is 243 g/mol. The van der Waals surface area contributed by atoms with Crippen LogP contribution in [0.2, 0.25) is 0 Å². The van der Waals surface area contributed by atoms with Crippen LogP contribution in [-0.4, -0.2) is 26.1 Å². The standard InChI is InChI=1S/C13H13N3O2/c17-13(18)11-12(10-4-2-1-3-5-10)16(15-14-11)8-9-6-7-9/h1-5,9H,6-8H2,(H,17,18). The van der Waals surface area contributed by atoms with E-state index in [0.29, 0.717) is 11.6 Å². The Morgan fingerprint density at radius 3 is 2.67 bits per heavy atom. The fraction of sp³-hybridized carbons (Fsp3) is 0.308. The van der Waals surface area contributed by atoms with E-state index >= 15 is 0 Å². The van der Waals surface area contributed by atoms with Crippen molar-refractivity contribution in [3.63, 3.8) is 0 Å². The lowest BCUT2D eigenvalue weighted by Gasteiger charge is -2.06. The van der Waals surface area contributed by atoms with Crippen LogP contribution in [-0.2, 0) is 6.54 Å². The van der Waals surface area contributed by atoms with Gasteiger partial charge in [-0.3, -0.25) is 0 Å². The summed E-state index contributed by atoms with van der Waals surface area (Å²) < 4.78 is 1.72. The van der Waals surface area contributed by atoms with Crippen molar-refractivity contribution in [1.29, 1.82) is 0 Å². The molecule has 1 fully saturated rings. The monoisotopic (exact) mass is 243 g/mol. The first-order valence-corrected chi connectivity index (χ1v) is 5.98. The third-order valence-corrected chi connectivity index (χ3v) is 3.11. The summed E-state index contributed by atoms with van der Waals surface area (Å²) in [6.07, 6.45) is 2.38. The number of rotatable bonds is 4. The second kappa shape index (κ2) is 4.25. The van der Waals surface area contributed by atoms with E-state index in [1.54, 1.807) is 4.68 Å². The first kappa shape index (κ1) is 11.0. The molecule has 0 amide bonds. The zero-order valence-corrected chi connectivity index (χ0v) is 9.78. The van der Waals surface area contributed by atoms with Gasteiger partial charge in [0.25, 0.3) is 0 Å². The van der Waals surface area contributed by atoms with Gasteiger partial charge in [-0.25, -0.2) is 9.48 Å². The number of nitrogens with zero attached hydrogens (tertiary/aromatic N) is 3. The fourth-order valence-corrected chi connectivity index (χ4v) is 2.01. The number of carboxylic acids is 1. The first-order valence-electron chi connectivity index (χ1n) is 5.98. The van der Waals surface area contributed by atoms with E-state index < -0.39 is 5.97 Å². The van der Waals surface area contributed by atoms with E-state index in [1.807, 2.05) is 30.3 Å². The second-order valence-corrected chi connectivity index (χ2v) is 4.58. The molecule has 1 aliphatic carbocycles. The van der Waals surface area contributed by atoms with Crippen molar-refractivity contribution in [3.05, 3.63) is 36.0 Å². The highest BCUT2D eigenvalue weighted by Crippen LogP contribution is 2.32. The van der Waals surface area contributed by atoms with E-state index in [4.69, 9.17) is 0 Å². The topological polar surface area (TPSA) is 68.0 Å². The summed E-state index contributed by atoms with van der Waals surface area (Å²) in [5.41, 5.74) is 1.48. The van der Waals surface area contributed by atoms with Gasteiger partial charge in [-0.15, -0.1) is 5.10 Å². The molecule has 18 heavy (non-hydrogen) atoms. The molecule has 5 nitrogen and oxygen atoms in total. The Morgan fingerprint density at radius 2 is 2.06 bits per heavy atom. The zero-order chi connectivity index (χ0) is 12.5. The predicted molar refractivity (Wildman–Crippen MR) is 65.1 cm³/mol. The summed E-state index contributed by atoms with van der Waals surface area (Å²) in [6, 6.07) is 9.44. The lowest BCUT2D eigenvalue weighted by molar-refractivity contribution is 0.0691. The van der Waals surface area contributed by atoms with Crippen LogP contribution in [0.4, 0.5) is 0 Å². The van der Waals surface area contributed by atoms with Gasteiger partial charge in [-0.2, -0.15) is 0 Å². The van der Waals surface area contributed by atoms with Crippen LogP contribution < -0.4 is 0 Å². The lowest BCUT2D eigenvalue weighted by atomic mass is 10.1. The van der Waals surface area contributed by atoms with Gasteiger partial charge in [0.1, 0.15) is 5.69 Å². The molecule has 1 saturated carbocycles. The Bertz CT molecular complexity index is 573. The smallest absolute Gasteiger partial charge is 0.358 e. The maximum absolute atomic E-state index is 11.2. The quantitative estimate of drug-likeness (QED) is 0.892. The normalized spacial score (nSPS) is 14.7. The van der Waals surface area contributed by atoms with Crippen LogP contribution in [0.25, 0.3) is 11.3 Å². The minimum Gasteiger partial charge on any atom is -0.476 e. The number of hydrogen-bond donors (Lipinski definition) is 1. The maximum atomic E-state index is 11.2. The minimum atomic E-state index is -1.03. The SMILES string of the molecule is O=C(O)c1nnn(CC2CC2)c1-c1ccccc1. The van der Waals surface area contributed by atoms with E-state index in [0.717, 1.165) is 12.1 Å². The molecule has 1 aliphatic rings. The van der Waals surface area contributed by atoms with Gasteiger partial charge in [0.05, 0.1) is 0 Å². The summed E-state index contributed by atoms with van der Waals surface area (Å²) in [7, 11) is 0. The van der Waals surface area contributed by atoms with Gasteiger partial charge in [0.15, 0.2) is 5.69 Å². The number of carboxylic acid groups (broad SMARTS) is 1. The fourth-order valence-electron chi connectivity index (χ4n) is 2.01. The van der Waals surface area contributed by atoms with E-state index in [1.165, 1.54) is 12.8 Å². The van der Waals surface area contributed by atoms with Crippen LogP contribution >= 0.6 is 0 Å². The van der Waals surface area contributed by atoms with Gasteiger partial charge in [-0.05, 0) is 18.8 Å². The largest absolute Gasteiger partial charge is 0.476 e. The molecule has 3 rings (SSSR count). The molecule has 0 aliphatic heterocycles. The molecule has 0 saturated heterocycles. The zero-order valence-electron chi connectivity index (χ0n) is 9.78. The Labute approximate surface area is 104 Å². The van der Waals surface area contributed by atoms with Crippen LogP contribution in [0.5, 0.6) is 0 Å². The van der Waals surface area contributed by atoms with Gasteiger partial charge >= 0.3 is 5.97 Å². The van der Waals surface area contributed by atoms with Crippen molar-refractivity contribution in [2.24, 2.45) is 5.92 Å². The van der Waals surface area contributed by atoms with Crippen molar-refractivity contribution in [2.45, 2.75) is 19.4 Å². The predicted octanol–water partition coefficient (Wildman–Crippen LogP) is 2.05. The van der Waals surface area contributed by atoms with E-state index in [9.17, 15) is 9.90 Å². The molecule has 1 aromatic heterocycles. The Balaban J connectivity index is 2.07. The lowest BCUT2D eigenvalue weighted by Crippen LogP contribution is -2.06. The maximum Gasteiger partial charge on any atom is 0.358 e. The van der Waals surface area contributed by atoms with E-state index in [-0.39, 0.29) is 5.69 Å². The molecular formula is C13H13N3O2. The summed E-state index contributed by atoms with van der Waals surface area (Å²) in [4.78, 5) is 11.2. The van der Waals surface area contributed by atoms with Crippen LogP contribution in [0, 0.1) is 5.92 Å². The third-order valence-electron chi connectivity index (χ3n) is 3.11. The van der Waals surface area contributed by atoms with Gasteiger partial charge in [-0.1, -0.05) is 35.5 Å². The second-order valence-electron chi connectivity index (χ2n) is 4.58. The highest BCUT2D eigenvalue weighted by atomic mass is 16.4. The Kier molecular flexibility index (Phi) is 2.59. The number of hydrogen-bond acceptors (Lipinski definition) is 3. The molecule has 1 aromatic carbocycles. The van der Waals surface area contributed by atoms with Crippen molar-refractivity contribution in [3.8, 4) is 11.3 Å². The van der Waals surface area contributed by atoms with Gasteiger partial charge < -0.3 is 5.11 Å². The summed E-state index contributed by atoms with van der Waals surface area (Å²) in [5, 5.41) is 16.9. The molecule has 0 atom stereocenters. The highest BCUT2D eigenvalue weighted by molar-refractivity contribution is 5.92. The van der Waals surface area contributed by atoms with Gasteiger partial charge in [0, 0.05) is 12.1 Å². The minimum absolute atomic E-state index is 0.0295. The molecular weight excluding hydrogens is 230 g/mol. The molecule has 2 aromatic rings. The average Bonchev–Trinajstić information content (AvgIpc) is 3.07. The molecule has 1 N–H and O–H groups in total. The van der Waals surface area contributed by atoms with Gasteiger partial charge in [0.2, 0.25) is 0 Å². The summed E-state index contributed by atoms with van der Waals surface area (Å²) >= 11 is 0. The molecule has 0 unspecified atom stereocenters. The van der Waals surface area contributed by atoms with E-state index in [2.05, 4.69) is 10.3 Å². The summed E-state index contributed by atoms with van der Waals surface area (Å²) in [6.45, 7) is 0.754. The molecule has 92 valence electrons. The van der Waals surface area contributed by atoms with Crippen molar-refractivity contribution < 1.29 is 9.90 Å². The van der Waals surface area contributed by atoms with Crippen molar-refractivity contribution in [2.75, 3.05) is 0 Å². The first-order chi connectivity index (χ1) is 8.75. The Hall–Kier alpha value is -2.17. The number of aromatic carboxylic acids is 1. The molecule has 5 heteroatoms. The van der Waals surface area contributed by atoms with Crippen molar-refractivity contribution in [1.82, 2.24) is 15.0 Å². The summed E-state index contributed by atoms with van der Waals surface area (Å²) in [5.74, 6) is -0.410. The number of benzene rings is 1. The van der Waals surface area contributed by atoms with Crippen LogP contribution in [0.3, 0.4) is 0 Å². The molecule has 0 bridgehead atoms. The van der Waals surface area contributed by atoms with Crippen LogP contribution in [0.1, 0.15) is 23.3 Å². The van der Waals surface area contributed by atoms with Crippen LogP contribution in [0.15, 0.2) is 30.3 Å². The van der Waals surface area contributed by atoms with Crippen molar-refractivity contribution >= 4 is 5.97 Å². The number of aromatic nitrogens is 3. The number of carbonyl (C=O) groups is 1. The molecule has 1 heterocycles.